The summed E-state index contributed by atoms with van der Waals surface area (Å²) in [6.45, 7) is 2.09. The van der Waals surface area contributed by atoms with Crippen molar-refractivity contribution in [2.24, 2.45) is 0 Å². The van der Waals surface area contributed by atoms with E-state index in [0.717, 1.165) is 12.0 Å². The van der Waals surface area contributed by atoms with E-state index in [-0.39, 0.29) is 0 Å². The summed E-state index contributed by atoms with van der Waals surface area (Å²) in [5.74, 6) is 0. The van der Waals surface area contributed by atoms with Gasteiger partial charge in [0.2, 0.25) is 0 Å². The van der Waals surface area contributed by atoms with Gasteiger partial charge >= 0.3 is 0 Å². The minimum absolute atomic E-state index is 0.702. The van der Waals surface area contributed by atoms with Gasteiger partial charge in [-0.15, -0.1) is 0 Å². The van der Waals surface area contributed by atoms with Crippen LogP contribution in [0.1, 0.15) is 16.1 Å². The molecule has 0 aliphatic carbocycles. The number of rotatable bonds is 2. The zero-order valence-electron chi connectivity index (χ0n) is 10.1. The molecule has 2 nitrogen and oxygen atoms in total. The first-order chi connectivity index (χ1) is 8.79. The maximum atomic E-state index is 10.7. The molecule has 0 saturated carbocycles. The van der Waals surface area contributed by atoms with Crippen LogP contribution < -0.4 is 0 Å². The van der Waals surface area contributed by atoms with E-state index in [9.17, 15) is 4.79 Å². The van der Waals surface area contributed by atoms with Crippen molar-refractivity contribution in [3.63, 3.8) is 0 Å². The van der Waals surface area contributed by atoms with Gasteiger partial charge in [-0.3, -0.25) is 4.79 Å². The normalized spacial score (nSPS) is 10.7. The second kappa shape index (κ2) is 4.15. The van der Waals surface area contributed by atoms with Crippen LogP contribution in [0.15, 0.2) is 54.6 Å². The summed E-state index contributed by atoms with van der Waals surface area (Å²) in [4.78, 5) is 10.7. The zero-order chi connectivity index (χ0) is 12.5. The average Bonchev–Trinajstić information content (AvgIpc) is 2.75. The summed E-state index contributed by atoms with van der Waals surface area (Å²) in [6.07, 6.45) is 0.865. The maximum Gasteiger partial charge on any atom is 0.150 e. The first-order valence-corrected chi connectivity index (χ1v) is 5.92. The highest BCUT2D eigenvalue weighted by Gasteiger charge is 2.06. The van der Waals surface area contributed by atoms with Gasteiger partial charge in [-0.25, -0.2) is 0 Å². The SMILES string of the molecule is Cc1cc2ccccc2n1-c1ccc(C=O)cc1. The Hall–Kier alpha value is -2.35. The number of carbonyl (C=O) groups is 1. The molecule has 0 saturated heterocycles. The van der Waals surface area contributed by atoms with Crippen molar-refractivity contribution in [3.05, 3.63) is 65.9 Å². The smallest absolute Gasteiger partial charge is 0.150 e. The molecule has 3 aromatic rings. The van der Waals surface area contributed by atoms with Crippen molar-refractivity contribution in [2.45, 2.75) is 6.92 Å². The molecule has 0 N–H and O–H groups in total. The molecule has 0 aliphatic heterocycles. The van der Waals surface area contributed by atoms with E-state index in [4.69, 9.17) is 0 Å². The summed E-state index contributed by atoms with van der Waals surface area (Å²) in [5.41, 5.74) is 4.16. The van der Waals surface area contributed by atoms with E-state index >= 15 is 0 Å². The van der Waals surface area contributed by atoms with Crippen molar-refractivity contribution in [2.75, 3.05) is 0 Å². The Balaban J connectivity index is 2.23. The summed E-state index contributed by atoms with van der Waals surface area (Å²) in [7, 11) is 0. The minimum Gasteiger partial charge on any atom is -0.314 e. The number of nitrogens with zero attached hydrogens (tertiary/aromatic N) is 1. The zero-order valence-corrected chi connectivity index (χ0v) is 10.1. The van der Waals surface area contributed by atoms with Crippen LogP contribution in [0, 0.1) is 6.92 Å². The molecule has 0 aliphatic rings. The molecule has 0 spiro atoms. The Labute approximate surface area is 105 Å². The number of para-hydroxylation sites is 1. The predicted octanol–water partition coefficient (Wildman–Crippen LogP) is 3.75. The number of hydrogen-bond acceptors (Lipinski definition) is 1. The van der Waals surface area contributed by atoms with Crippen molar-refractivity contribution in [1.29, 1.82) is 0 Å². The summed E-state index contributed by atoms with van der Waals surface area (Å²) >= 11 is 0. The van der Waals surface area contributed by atoms with Gasteiger partial charge in [0, 0.05) is 22.3 Å². The Morgan fingerprint density at radius 1 is 1.00 bits per heavy atom. The first-order valence-electron chi connectivity index (χ1n) is 5.92. The van der Waals surface area contributed by atoms with Crippen LogP contribution >= 0.6 is 0 Å². The third-order valence-corrected chi connectivity index (χ3v) is 3.18. The number of fused-ring (bicyclic) bond motifs is 1. The highest BCUT2D eigenvalue weighted by molar-refractivity contribution is 5.83. The van der Waals surface area contributed by atoms with Gasteiger partial charge < -0.3 is 4.57 Å². The average molecular weight is 235 g/mol. The Bertz CT molecular complexity index is 708. The van der Waals surface area contributed by atoms with Gasteiger partial charge in [-0.05, 0) is 43.3 Å². The van der Waals surface area contributed by atoms with E-state index in [1.54, 1.807) is 0 Å². The fourth-order valence-corrected chi connectivity index (χ4v) is 2.34. The van der Waals surface area contributed by atoms with E-state index in [1.807, 2.05) is 36.4 Å². The second-order valence-corrected chi connectivity index (χ2v) is 4.39. The third kappa shape index (κ3) is 1.63. The molecule has 0 amide bonds. The molecular formula is C16H13NO. The van der Waals surface area contributed by atoms with Crippen LogP contribution in [0.2, 0.25) is 0 Å². The summed E-state index contributed by atoms with van der Waals surface area (Å²) in [5, 5.41) is 1.23. The maximum absolute atomic E-state index is 10.7. The van der Waals surface area contributed by atoms with Crippen LogP contribution in [0.4, 0.5) is 0 Å². The molecule has 0 radical (unpaired) electrons. The first kappa shape index (κ1) is 10.8. The number of benzene rings is 2. The molecule has 18 heavy (non-hydrogen) atoms. The second-order valence-electron chi connectivity index (χ2n) is 4.39. The summed E-state index contributed by atoms with van der Waals surface area (Å²) in [6, 6.07) is 18.1. The van der Waals surface area contributed by atoms with E-state index < -0.39 is 0 Å². The molecule has 1 heterocycles. The Morgan fingerprint density at radius 2 is 1.72 bits per heavy atom. The Kier molecular flexibility index (Phi) is 2.49. The molecule has 0 bridgehead atoms. The van der Waals surface area contributed by atoms with Crippen LogP contribution in [0.25, 0.3) is 16.6 Å². The molecule has 0 atom stereocenters. The molecule has 1 aromatic heterocycles. The number of aromatic nitrogens is 1. The fourth-order valence-electron chi connectivity index (χ4n) is 2.34. The molecule has 0 fully saturated rings. The van der Waals surface area contributed by atoms with Gasteiger partial charge in [-0.2, -0.15) is 0 Å². The molecule has 2 heteroatoms. The fraction of sp³-hybridized carbons (Fsp3) is 0.0625. The van der Waals surface area contributed by atoms with E-state index in [0.29, 0.717) is 5.56 Å². The van der Waals surface area contributed by atoms with Gasteiger partial charge in [0.1, 0.15) is 6.29 Å². The van der Waals surface area contributed by atoms with Gasteiger partial charge in [0.15, 0.2) is 0 Å². The highest BCUT2D eigenvalue weighted by atomic mass is 16.1. The van der Waals surface area contributed by atoms with Gasteiger partial charge in [0.05, 0.1) is 5.52 Å². The Morgan fingerprint density at radius 3 is 2.44 bits per heavy atom. The lowest BCUT2D eigenvalue weighted by molar-refractivity contribution is 0.112. The van der Waals surface area contributed by atoms with E-state index in [2.05, 4.69) is 29.7 Å². The third-order valence-electron chi connectivity index (χ3n) is 3.18. The lowest BCUT2D eigenvalue weighted by Gasteiger charge is -2.08. The monoisotopic (exact) mass is 235 g/mol. The number of hydrogen-bond donors (Lipinski definition) is 0. The van der Waals surface area contributed by atoms with Gasteiger partial charge in [-0.1, -0.05) is 18.2 Å². The van der Waals surface area contributed by atoms with E-state index in [1.165, 1.54) is 16.6 Å². The highest BCUT2D eigenvalue weighted by Crippen LogP contribution is 2.23. The van der Waals surface area contributed by atoms with Crippen LogP contribution in [0.5, 0.6) is 0 Å². The molecule has 3 rings (SSSR count). The van der Waals surface area contributed by atoms with Gasteiger partial charge in [0.25, 0.3) is 0 Å². The molecule has 2 aromatic carbocycles. The van der Waals surface area contributed by atoms with Crippen molar-refractivity contribution in [3.8, 4) is 5.69 Å². The number of aldehydes is 1. The number of carbonyl (C=O) groups excluding carboxylic acids is 1. The summed E-state index contributed by atoms with van der Waals surface area (Å²) < 4.78 is 2.20. The van der Waals surface area contributed by atoms with Crippen LogP contribution in [-0.2, 0) is 0 Å². The molecule has 88 valence electrons. The molecular weight excluding hydrogens is 222 g/mol. The van der Waals surface area contributed by atoms with Crippen molar-refractivity contribution in [1.82, 2.24) is 4.57 Å². The largest absolute Gasteiger partial charge is 0.314 e. The standard InChI is InChI=1S/C16H13NO/c1-12-10-14-4-2-3-5-16(14)17(12)15-8-6-13(11-18)7-9-15/h2-11H,1H3. The van der Waals surface area contributed by atoms with Crippen molar-refractivity contribution < 1.29 is 4.79 Å². The molecule has 0 unspecified atom stereocenters. The quantitative estimate of drug-likeness (QED) is 0.620. The number of aryl methyl sites for hydroxylation is 1. The van der Waals surface area contributed by atoms with Crippen LogP contribution in [0.3, 0.4) is 0 Å². The lowest BCUT2D eigenvalue weighted by Crippen LogP contribution is -1.96. The minimum atomic E-state index is 0.702. The van der Waals surface area contributed by atoms with Crippen LogP contribution in [-0.4, -0.2) is 10.9 Å². The predicted molar refractivity (Wildman–Crippen MR) is 73.4 cm³/mol. The lowest BCUT2D eigenvalue weighted by atomic mass is 10.2. The van der Waals surface area contributed by atoms with Crippen molar-refractivity contribution >= 4 is 17.2 Å². The topological polar surface area (TPSA) is 22.0 Å².